The monoisotopic (exact) mass is 810 g/mol. The van der Waals surface area contributed by atoms with E-state index in [1.807, 2.05) is 74.4 Å². The van der Waals surface area contributed by atoms with Gasteiger partial charge in [0.25, 0.3) is 0 Å². The van der Waals surface area contributed by atoms with E-state index in [0.717, 1.165) is 83.5 Å². The topological polar surface area (TPSA) is 77.3 Å². The Morgan fingerprint density at radius 2 is 0.333 bits per heavy atom. The third-order valence-electron chi connectivity index (χ3n) is 12.0. The molecule has 0 fully saturated rings. The number of nitrogens with zero attached hydrogens (tertiary/aromatic N) is 6. The van der Waals surface area contributed by atoms with Crippen LogP contribution in [0.1, 0.15) is 16.7 Å². The summed E-state index contributed by atoms with van der Waals surface area (Å²) in [4.78, 5) is 26.1. The van der Waals surface area contributed by atoms with Crippen LogP contribution in [0.4, 0.5) is 0 Å². The fraction of sp³-hybridized carbons (Fsp3) is 0.0526. The number of pyridine rings is 6. The molecule has 0 amide bonds. The normalized spacial score (nSPS) is 11.1. The molecule has 0 spiro atoms. The average molecular weight is 811 g/mol. The zero-order valence-corrected chi connectivity index (χ0v) is 35.2. The first-order chi connectivity index (χ1) is 31.0. The van der Waals surface area contributed by atoms with Crippen LogP contribution in [-0.4, -0.2) is 29.9 Å². The second-order valence-corrected chi connectivity index (χ2v) is 15.8. The summed E-state index contributed by atoms with van der Waals surface area (Å²) in [7, 11) is 0. The van der Waals surface area contributed by atoms with Crippen LogP contribution < -0.4 is 0 Å². The number of hydrogen-bond donors (Lipinski definition) is 0. The highest BCUT2D eigenvalue weighted by molar-refractivity contribution is 5.96. The molecule has 300 valence electrons. The first kappa shape index (κ1) is 38.9. The van der Waals surface area contributed by atoms with E-state index in [9.17, 15) is 0 Å². The van der Waals surface area contributed by atoms with Gasteiger partial charge in [-0.05, 0) is 265 Å². The van der Waals surface area contributed by atoms with Crippen molar-refractivity contribution in [3.63, 3.8) is 0 Å². The molecule has 0 radical (unpaired) electrons. The first-order valence-electron chi connectivity index (χ1n) is 21.0. The summed E-state index contributed by atoms with van der Waals surface area (Å²) in [5.41, 5.74) is 23.9. The average Bonchev–Trinajstić information content (AvgIpc) is 3.35. The minimum absolute atomic E-state index is 1.10. The highest BCUT2D eigenvalue weighted by Crippen LogP contribution is 2.48. The van der Waals surface area contributed by atoms with Gasteiger partial charge < -0.3 is 0 Å². The molecule has 10 rings (SSSR count). The van der Waals surface area contributed by atoms with Crippen molar-refractivity contribution < 1.29 is 0 Å². The number of benzene rings is 4. The van der Waals surface area contributed by atoms with Crippen molar-refractivity contribution in [2.75, 3.05) is 0 Å². The van der Waals surface area contributed by atoms with Crippen molar-refractivity contribution in [2.24, 2.45) is 0 Å². The van der Waals surface area contributed by atoms with Crippen molar-refractivity contribution in [1.82, 2.24) is 29.9 Å². The summed E-state index contributed by atoms with van der Waals surface area (Å²) in [5, 5.41) is 0. The van der Waals surface area contributed by atoms with Crippen LogP contribution in [0, 0.1) is 20.8 Å². The third-order valence-corrected chi connectivity index (χ3v) is 12.0. The second-order valence-electron chi connectivity index (χ2n) is 15.8. The largest absolute Gasteiger partial charge is 0.265 e. The van der Waals surface area contributed by atoms with Crippen LogP contribution >= 0.6 is 0 Å². The number of hydrogen-bond acceptors (Lipinski definition) is 6. The standard InChI is InChI=1S/C57H42N6/c1-37-55(52-31-46(40-4-16-58-17-5-40)28-47(32-52)41-6-18-59-19-7-41)38(2)57(54-35-50(44-12-24-62-25-13-44)30-51(36-54)45-14-26-63-27-15-45)39(3)56(37)53-33-48(42-8-20-60-21-9-42)29-49(34-53)43-10-22-61-23-11-43/h4-36H,1-3H3. The van der Waals surface area contributed by atoms with Crippen LogP contribution in [-0.2, 0) is 0 Å². The van der Waals surface area contributed by atoms with Crippen LogP contribution in [0.3, 0.4) is 0 Å². The maximum atomic E-state index is 4.35. The molecule has 4 aromatic carbocycles. The van der Waals surface area contributed by atoms with Gasteiger partial charge in [0, 0.05) is 74.4 Å². The summed E-state index contributed by atoms with van der Waals surface area (Å²) < 4.78 is 0. The van der Waals surface area contributed by atoms with E-state index in [4.69, 9.17) is 0 Å². The Balaban J connectivity index is 1.31. The van der Waals surface area contributed by atoms with E-state index in [-0.39, 0.29) is 0 Å². The van der Waals surface area contributed by atoms with Gasteiger partial charge in [-0.2, -0.15) is 0 Å². The van der Waals surface area contributed by atoms with Crippen molar-refractivity contribution in [3.8, 4) is 100 Å². The Kier molecular flexibility index (Phi) is 10.5. The lowest BCUT2D eigenvalue weighted by Crippen LogP contribution is -2.02. The van der Waals surface area contributed by atoms with Crippen LogP contribution in [0.25, 0.3) is 100 Å². The highest BCUT2D eigenvalue weighted by atomic mass is 14.6. The van der Waals surface area contributed by atoms with Crippen molar-refractivity contribution in [2.45, 2.75) is 20.8 Å². The van der Waals surface area contributed by atoms with E-state index in [2.05, 4.69) is 178 Å². The predicted molar refractivity (Wildman–Crippen MR) is 256 cm³/mol. The zero-order chi connectivity index (χ0) is 42.7. The van der Waals surface area contributed by atoms with Crippen LogP contribution in [0.2, 0.25) is 0 Å². The molecule has 0 bridgehead atoms. The quantitative estimate of drug-likeness (QED) is 0.144. The Bertz CT molecular complexity index is 2670. The lowest BCUT2D eigenvalue weighted by atomic mass is 9.78. The van der Waals surface area contributed by atoms with Gasteiger partial charge in [-0.15, -0.1) is 0 Å². The molecular formula is C57H42N6. The summed E-state index contributed by atoms with van der Waals surface area (Å²) >= 11 is 0. The lowest BCUT2D eigenvalue weighted by molar-refractivity contribution is 1.31. The molecule has 0 aliphatic heterocycles. The smallest absolute Gasteiger partial charge is 0.0273 e. The Morgan fingerprint density at radius 1 is 0.190 bits per heavy atom. The molecule has 6 heteroatoms. The molecule has 0 aliphatic carbocycles. The molecule has 0 unspecified atom stereocenters. The molecule has 6 nitrogen and oxygen atoms in total. The molecular weight excluding hydrogens is 769 g/mol. The minimum atomic E-state index is 1.10. The fourth-order valence-electron chi connectivity index (χ4n) is 9.10. The molecule has 0 atom stereocenters. The summed E-state index contributed by atoms with van der Waals surface area (Å²) in [6.07, 6.45) is 22.3. The zero-order valence-electron chi connectivity index (χ0n) is 35.2. The van der Waals surface area contributed by atoms with Gasteiger partial charge in [-0.3, -0.25) is 29.9 Å². The number of aromatic nitrogens is 6. The number of rotatable bonds is 9. The Hall–Kier alpha value is -8.22. The molecule has 0 N–H and O–H groups in total. The van der Waals surface area contributed by atoms with Gasteiger partial charge in [0.05, 0.1) is 0 Å². The van der Waals surface area contributed by atoms with Gasteiger partial charge in [-0.25, -0.2) is 0 Å². The maximum Gasteiger partial charge on any atom is 0.0273 e. The minimum Gasteiger partial charge on any atom is -0.265 e. The second kappa shape index (κ2) is 17.0. The maximum absolute atomic E-state index is 4.35. The molecule has 0 aliphatic rings. The van der Waals surface area contributed by atoms with Gasteiger partial charge in [0.1, 0.15) is 0 Å². The van der Waals surface area contributed by atoms with E-state index >= 15 is 0 Å². The SMILES string of the molecule is Cc1c(-c2cc(-c3ccncc3)cc(-c3ccncc3)c2)c(C)c(-c2cc(-c3ccncc3)cc(-c3ccncc3)c2)c(C)c1-c1cc(-c2ccncc2)cc(-c2ccncc2)c1. The Labute approximate surface area is 367 Å². The summed E-state index contributed by atoms with van der Waals surface area (Å²) in [5.74, 6) is 0. The third kappa shape index (κ3) is 7.82. The Morgan fingerprint density at radius 3 is 0.492 bits per heavy atom. The predicted octanol–water partition coefficient (Wildman–Crippen LogP) is 14.0. The van der Waals surface area contributed by atoms with Gasteiger partial charge in [0.2, 0.25) is 0 Å². The van der Waals surface area contributed by atoms with E-state index < -0.39 is 0 Å². The summed E-state index contributed by atoms with van der Waals surface area (Å²) in [6, 6.07) is 45.8. The van der Waals surface area contributed by atoms with E-state index in [1.54, 1.807) is 0 Å². The molecule has 0 saturated carbocycles. The summed E-state index contributed by atoms with van der Waals surface area (Å²) in [6.45, 7) is 6.88. The van der Waals surface area contributed by atoms with Crippen molar-refractivity contribution >= 4 is 0 Å². The van der Waals surface area contributed by atoms with E-state index in [0.29, 0.717) is 0 Å². The lowest BCUT2D eigenvalue weighted by Gasteiger charge is -2.25. The van der Waals surface area contributed by atoms with Gasteiger partial charge in [0.15, 0.2) is 0 Å². The molecule has 6 heterocycles. The molecule has 10 aromatic rings. The van der Waals surface area contributed by atoms with Crippen molar-refractivity contribution in [3.05, 3.63) is 218 Å². The first-order valence-corrected chi connectivity index (χ1v) is 21.0. The molecule has 0 saturated heterocycles. The molecule has 6 aromatic heterocycles. The van der Waals surface area contributed by atoms with E-state index in [1.165, 1.54) is 33.4 Å². The van der Waals surface area contributed by atoms with Crippen LogP contribution in [0.15, 0.2) is 202 Å². The van der Waals surface area contributed by atoms with Gasteiger partial charge in [-0.1, -0.05) is 0 Å². The fourth-order valence-corrected chi connectivity index (χ4v) is 9.10. The highest BCUT2D eigenvalue weighted by Gasteiger charge is 2.24. The van der Waals surface area contributed by atoms with Gasteiger partial charge >= 0.3 is 0 Å². The van der Waals surface area contributed by atoms with Crippen molar-refractivity contribution in [1.29, 1.82) is 0 Å². The van der Waals surface area contributed by atoms with Crippen LogP contribution in [0.5, 0.6) is 0 Å². The molecule has 63 heavy (non-hydrogen) atoms.